The molecule has 0 aromatic carbocycles. The third-order valence-corrected chi connectivity index (χ3v) is 6.10. The van der Waals surface area contributed by atoms with Crippen LogP contribution < -0.4 is 0 Å². The lowest BCUT2D eigenvalue weighted by Crippen LogP contribution is -2.33. The quantitative estimate of drug-likeness (QED) is 0.364. The van der Waals surface area contributed by atoms with E-state index in [0.717, 1.165) is 25.7 Å². The van der Waals surface area contributed by atoms with Crippen LogP contribution >= 0.6 is 0 Å². The molecule has 0 bridgehead atoms. The molecular formula is C24H40O. The Labute approximate surface area is 156 Å². The number of carbonyl (C=O) groups excluding carboxylic acids is 1. The standard InChI is InChI=1S/C24H40O/c1-7-10-12-21(20(9-3)11-8-2)14-16-24(25)23-17-19(6)13-15-22(23)18(4)5/h8-9,11,18-19,21-23H,2-3,7,10,12-17H2,1,4-6H3/b20-11+/t19-,21?,22+,23-/m1/s1. The molecule has 0 heterocycles. The molecule has 0 aromatic rings. The zero-order chi connectivity index (χ0) is 18.8. The molecule has 0 amide bonds. The Morgan fingerprint density at radius 2 is 1.92 bits per heavy atom. The summed E-state index contributed by atoms with van der Waals surface area (Å²) in [5.74, 6) is 3.13. The first-order valence-electron chi connectivity index (χ1n) is 10.4. The average Bonchev–Trinajstić information content (AvgIpc) is 2.59. The predicted molar refractivity (Wildman–Crippen MR) is 111 cm³/mol. The van der Waals surface area contributed by atoms with Crippen LogP contribution in [0.1, 0.15) is 79.1 Å². The van der Waals surface area contributed by atoms with Crippen molar-refractivity contribution in [1.82, 2.24) is 0 Å². The van der Waals surface area contributed by atoms with E-state index in [2.05, 4.69) is 46.9 Å². The number of rotatable bonds is 11. The van der Waals surface area contributed by atoms with Crippen LogP contribution in [0.4, 0.5) is 0 Å². The fourth-order valence-electron chi connectivity index (χ4n) is 4.51. The van der Waals surface area contributed by atoms with Gasteiger partial charge in [-0.2, -0.15) is 0 Å². The van der Waals surface area contributed by atoms with Gasteiger partial charge in [-0.1, -0.05) is 78.3 Å². The first-order chi connectivity index (χ1) is 11.9. The average molecular weight is 345 g/mol. The second kappa shape index (κ2) is 11.5. The molecule has 0 radical (unpaired) electrons. The zero-order valence-corrected chi connectivity index (χ0v) is 17.1. The normalized spacial score (nSPS) is 25.6. The Kier molecular flexibility index (Phi) is 10.1. The SMILES string of the molecule is C=C/C=C(\C=C)C(CCCC)CCC(=O)[C@@H]1C[C@H](C)CC[C@H]1C(C)C. The predicted octanol–water partition coefficient (Wildman–Crippen LogP) is 7.15. The van der Waals surface area contributed by atoms with Gasteiger partial charge in [0.05, 0.1) is 0 Å². The Bertz CT molecular complexity index is 457. The molecule has 1 aliphatic rings. The van der Waals surface area contributed by atoms with Gasteiger partial charge in [0.25, 0.3) is 0 Å². The minimum Gasteiger partial charge on any atom is -0.299 e. The van der Waals surface area contributed by atoms with Crippen molar-refractivity contribution in [2.24, 2.45) is 29.6 Å². The van der Waals surface area contributed by atoms with Crippen molar-refractivity contribution in [1.29, 1.82) is 0 Å². The number of carbonyl (C=O) groups is 1. The highest BCUT2D eigenvalue weighted by Crippen LogP contribution is 2.39. The molecule has 0 spiro atoms. The summed E-state index contributed by atoms with van der Waals surface area (Å²) in [6.07, 6.45) is 14.7. The van der Waals surface area contributed by atoms with Crippen LogP contribution in [0, 0.1) is 29.6 Å². The van der Waals surface area contributed by atoms with Crippen molar-refractivity contribution in [2.45, 2.75) is 79.1 Å². The van der Waals surface area contributed by atoms with Gasteiger partial charge >= 0.3 is 0 Å². The summed E-state index contributed by atoms with van der Waals surface area (Å²) < 4.78 is 0. The van der Waals surface area contributed by atoms with Gasteiger partial charge in [-0.3, -0.25) is 4.79 Å². The topological polar surface area (TPSA) is 17.1 Å². The fourth-order valence-corrected chi connectivity index (χ4v) is 4.51. The van der Waals surface area contributed by atoms with Crippen LogP contribution in [0.5, 0.6) is 0 Å². The fraction of sp³-hybridized carbons (Fsp3) is 0.708. The van der Waals surface area contributed by atoms with Gasteiger partial charge in [-0.15, -0.1) is 0 Å². The van der Waals surface area contributed by atoms with Crippen LogP contribution in [0.15, 0.2) is 37.0 Å². The van der Waals surface area contributed by atoms with E-state index < -0.39 is 0 Å². The maximum Gasteiger partial charge on any atom is 0.136 e. The lowest BCUT2D eigenvalue weighted by molar-refractivity contribution is -0.127. The van der Waals surface area contributed by atoms with Crippen LogP contribution in [0.3, 0.4) is 0 Å². The van der Waals surface area contributed by atoms with E-state index in [4.69, 9.17) is 0 Å². The van der Waals surface area contributed by atoms with Gasteiger partial charge in [0.15, 0.2) is 0 Å². The van der Waals surface area contributed by atoms with E-state index in [9.17, 15) is 4.79 Å². The lowest BCUT2D eigenvalue weighted by atomic mass is 9.68. The van der Waals surface area contributed by atoms with Crippen LogP contribution in [0.2, 0.25) is 0 Å². The van der Waals surface area contributed by atoms with Gasteiger partial charge in [0.1, 0.15) is 5.78 Å². The summed E-state index contributed by atoms with van der Waals surface area (Å²) in [4.78, 5) is 13.0. The van der Waals surface area contributed by atoms with E-state index in [-0.39, 0.29) is 5.92 Å². The molecule has 1 saturated carbocycles. The molecule has 0 aromatic heterocycles. The van der Waals surface area contributed by atoms with Crippen molar-refractivity contribution in [3.8, 4) is 0 Å². The molecule has 0 saturated heterocycles. The third-order valence-electron chi connectivity index (χ3n) is 6.10. The lowest BCUT2D eigenvalue weighted by Gasteiger charge is -2.36. The summed E-state index contributed by atoms with van der Waals surface area (Å²) in [5.41, 5.74) is 1.24. The van der Waals surface area contributed by atoms with Crippen molar-refractivity contribution in [3.63, 3.8) is 0 Å². The number of allylic oxidation sites excluding steroid dienone is 4. The molecule has 1 nitrogen and oxygen atoms in total. The van der Waals surface area contributed by atoms with E-state index in [1.807, 2.05) is 12.2 Å². The minimum absolute atomic E-state index is 0.283. The Morgan fingerprint density at radius 3 is 2.48 bits per heavy atom. The molecule has 0 N–H and O–H groups in total. The largest absolute Gasteiger partial charge is 0.299 e. The van der Waals surface area contributed by atoms with E-state index in [1.54, 1.807) is 0 Å². The van der Waals surface area contributed by atoms with Crippen molar-refractivity contribution in [3.05, 3.63) is 37.0 Å². The summed E-state index contributed by atoms with van der Waals surface area (Å²) in [5, 5.41) is 0. The summed E-state index contributed by atoms with van der Waals surface area (Å²) >= 11 is 0. The molecule has 1 unspecified atom stereocenters. The molecule has 1 heteroatoms. The monoisotopic (exact) mass is 344 g/mol. The van der Waals surface area contributed by atoms with E-state index >= 15 is 0 Å². The number of Topliss-reactive ketones (excluding diaryl/α,β-unsaturated/α-hetero) is 1. The van der Waals surface area contributed by atoms with E-state index in [1.165, 1.54) is 31.3 Å². The van der Waals surface area contributed by atoms with Crippen molar-refractivity contribution in [2.75, 3.05) is 0 Å². The highest BCUT2D eigenvalue weighted by Gasteiger charge is 2.35. The molecule has 0 aliphatic heterocycles. The Balaban J connectivity index is 2.75. The third kappa shape index (κ3) is 6.96. The summed E-state index contributed by atoms with van der Waals surface area (Å²) in [7, 11) is 0. The first-order valence-corrected chi connectivity index (χ1v) is 10.4. The van der Waals surface area contributed by atoms with Crippen LogP contribution in [0.25, 0.3) is 0 Å². The second-order valence-corrected chi connectivity index (χ2v) is 8.38. The molecule has 4 atom stereocenters. The smallest absolute Gasteiger partial charge is 0.136 e. The number of hydrogen-bond acceptors (Lipinski definition) is 1. The van der Waals surface area contributed by atoms with Crippen molar-refractivity contribution < 1.29 is 4.79 Å². The summed E-state index contributed by atoms with van der Waals surface area (Å²) in [6.45, 7) is 16.9. The Hall–Kier alpha value is -1.11. The molecule has 1 aliphatic carbocycles. The zero-order valence-electron chi connectivity index (χ0n) is 17.1. The first kappa shape index (κ1) is 21.9. The van der Waals surface area contributed by atoms with Gasteiger partial charge in [-0.25, -0.2) is 0 Å². The molecular weight excluding hydrogens is 304 g/mol. The molecule has 25 heavy (non-hydrogen) atoms. The van der Waals surface area contributed by atoms with Gasteiger partial charge < -0.3 is 0 Å². The Morgan fingerprint density at radius 1 is 1.20 bits per heavy atom. The maximum absolute atomic E-state index is 13.0. The highest BCUT2D eigenvalue weighted by atomic mass is 16.1. The highest BCUT2D eigenvalue weighted by molar-refractivity contribution is 5.81. The van der Waals surface area contributed by atoms with Crippen LogP contribution in [-0.2, 0) is 4.79 Å². The molecule has 142 valence electrons. The molecule has 1 fully saturated rings. The second-order valence-electron chi connectivity index (χ2n) is 8.38. The number of unbranched alkanes of at least 4 members (excludes halogenated alkanes) is 1. The maximum atomic E-state index is 13.0. The van der Waals surface area contributed by atoms with Gasteiger partial charge in [-0.05, 0) is 54.9 Å². The van der Waals surface area contributed by atoms with Crippen molar-refractivity contribution >= 4 is 5.78 Å². The van der Waals surface area contributed by atoms with Gasteiger partial charge in [0, 0.05) is 12.3 Å². The molecule has 1 rings (SSSR count). The van der Waals surface area contributed by atoms with E-state index in [0.29, 0.717) is 29.5 Å². The minimum atomic E-state index is 0.283. The van der Waals surface area contributed by atoms with Gasteiger partial charge in [0.2, 0.25) is 0 Å². The summed E-state index contributed by atoms with van der Waals surface area (Å²) in [6, 6.07) is 0. The van der Waals surface area contributed by atoms with Crippen LogP contribution in [-0.4, -0.2) is 5.78 Å². The number of ketones is 1. The number of hydrogen-bond donors (Lipinski definition) is 0.